The van der Waals surface area contributed by atoms with E-state index in [1.807, 2.05) is 13.0 Å². The van der Waals surface area contributed by atoms with Gasteiger partial charge in [0.15, 0.2) is 0 Å². The number of amides is 1. The summed E-state index contributed by atoms with van der Waals surface area (Å²) in [7, 11) is 0. The molecule has 1 amide bonds. The van der Waals surface area contributed by atoms with Crippen molar-refractivity contribution in [3.8, 4) is 0 Å². The number of nitrogens with zero attached hydrogens (tertiary/aromatic N) is 1. The molecule has 1 aromatic heterocycles. The second-order valence-electron chi connectivity index (χ2n) is 5.69. The highest BCUT2D eigenvalue weighted by atomic mass is 16.4. The molecule has 0 atom stereocenters. The molecular formula is C15H20N2O3. The third kappa shape index (κ3) is 3.79. The van der Waals surface area contributed by atoms with E-state index >= 15 is 0 Å². The third-order valence-corrected chi connectivity index (χ3v) is 3.92. The smallest absolute Gasteiger partial charge is 0.303 e. The summed E-state index contributed by atoms with van der Waals surface area (Å²) >= 11 is 0. The number of anilines is 1. The van der Waals surface area contributed by atoms with E-state index < -0.39 is 5.97 Å². The number of hydrogen-bond donors (Lipinski definition) is 2. The van der Waals surface area contributed by atoms with Gasteiger partial charge in [0.05, 0.1) is 18.3 Å². The number of aromatic nitrogens is 1. The van der Waals surface area contributed by atoms with E-state index in [0.717, 1.165) is 31.4 Å². The molecule has 0 aliphatic heterocycles. The lowest BCUT2D eigenvalue weighted by Crippen LogP contribution is -2.27. The van der Waals surface area contributed by atoms with Gasteiger partial charge >= 0.3 is 5.97 Å². The van der Waals surface area contributed by atoms with Crippen molar-refractivity contribution in [1.82, 2.24) is 4.98 Å². The van der Waals surface area contributed by atoms with Crippen molar-refractivity contribution in [2.45, 2.75) is 45.4 Å². The van der Waals surface area contributed by atoms with Crippen molar-refractivity contribution >= 4 is 17.6 Å². The maximum atomic E-state index is 12.1. The monoisotopic (exact) mass is 276 g/mol. The lowest BCUT2D eigenvalue weighted by molar-refractivity contribution is -0.140. The van der Waals surface area contributed by atoms with Gasteiger partial charge in [0.1, 0.15) is 0 Å². The number of carbonyl (C=O) groups excluding carboxylic acids is 1. The summed E-state index contributed by atoms with van der Waals surface area (Å²) in [6.07, 6.45) is 5.61. The fraction of sp³-hybridized carbons (Fsp3) is 0.533. The standard InChI is InChI=1S/C15H20N2O3/c1-11-4-5-12(10-16-11)17-13(18)8-15(9-14(19)20)6-2-3-7-15/h4-5,10H,2-3,6-9H2,1H3,(H,17,18)(H,19,20). The zero-order chi connectivity index (χ0) is 14.6. The Labute approximate surface area is 118 Å². The average Bonchev–Trinajstić information content (AvgIpc) is 2.79. The molecule has 2 N–H and O–H groups in total. The van der Waals surface area contributed by atoms with Gasteiger partial charge in [-0.1, -0.05) is 12.8 Å². The highest BCUT2D eigenvalue weighted by Gasteiger charge is 2.37. The Morgan fingerprint density at radius 2 is 2.00 bits per heavy atom. The van der Waals surface area contributed by atoms with Crippen LogP contribution in [0.4, 0.5) is 5.69 Å². The Hall–Kier alpha value is -1.91. The van der Waals surface area contributed by atoms with Crippen LogP contribution < -0.4 is 5.32 Å². The zero-order valence-corrected chi connectivity index (χ0v) is 11.7. The molecule has 0 aromatic carbocycles. The summed E-state index contributed by atoms with van der Waals surface area (Å²) in [5.74, 6) is -0.949. The Bertz CT molecular complexity index is 490. The summed E-state index contributed by atoms with van der Waals surface area (Å²) in [6.45, 7) is 1.88. The minimum absolute atomic E-state index is 0.0760. The van der Waals surface area contributed by atoms with E-state index in [-0.39, 0.29) is 24.2 Å². The van der Waals surface area contributed by atoms with Gasteiger partial charge in [-0.3, -0.25) is 14.6 Å². The van der Waals surface area contributed by atoms with Gasteiger partial charge in [0.2, 0.25) is 5.91 Å². The van der Waals surface area contributed by atoms with Crippen LogP contribution in [0.25, 0.3) is 0 Å². The van der Waals surface area contributed by atoms with Crippen molar-refractivity contribution in [2.24, 2.45) is 5.41 Å². The predicted molar refractivity (Wildman–Crippen MR) is 75.4 cm³/mol. The Morgan fingerprint density at radius 1 is 1.30 bits per heavy atom. The average molecular weight is 276 g/mol. The molecule has 1 saturated carbocycles. The molecular weight excluding hydrogens is 256 g/mol. The molecule has 20 heavy (non-hydrogen) atoms. The molecule has 5 nitrogen and oxygen atoms in total. The SMILES string of the molecule is Cc1ccc(NC(=O)CC2(CC(=O)O)CCCC2)cn1. The van der Waals surface area contributed by atoms with E-state index in [2.05, 4.69) is 10.3 Å². The summed E-state index contributed by atoms with van der Waals surface area (Å²) in [5, 5.41) is 11.8. The van der Waals surface area contributed by atoms with Crippen molar-refractivity contribution in [3.63, 3.8) is 0 Å². The van der Waals surface area contributed by atoms with Gasteiger partial charge in [-0.25, -0.2) is 0 Å². The fourth-order valence-corrected chi connectivity index (χ4v) is 2.95. The van der Waals surface area contributed by atoms with Gasteiger partial charge in [0.25, 0.3) is 0 Å². The first-order valence-corrected chi connectivity index (χ1v) is 6.93. The van der Waals surface area contributed by atoms with Crippen molar-refractivity contribution < 1.29 is 14.7 Å². The fourth-order valence-electron chi connectivity index (χ4n) is 2.95. The normalized spacial score (nSPS) is 16.9. The second-order valence-corrected chi connectivity index (χ2v) is 5.69. The number of aliphatic carboxylic acids is 1. The van der Waals surface area contributed by atoms with Gasteiger partial charge in [-0.15, -0.1) is 0 Å². The minimum atomic E-state index is -0.822. The number of pyridine rings is 1. The molecule has 0 unspecified atom stereocenters. The Balaban J connectivity index is 1.98. The summed E-state index contributed by atoms with van der Waals surface area (Å²) < 4.78 is 0. The molecule has 2 rings (SSSR count). The van der Waals surface area contributed by atoms with E-state index in [9.17, 15) is 9.59 Å². The first-order chi connectivity index (χ1) is 9.49. The van der Waals surface area contributed by atoms with E-state index in [0.29, 0.717) is 5.69 Å². The largest absolute Gasteiger partial charge is 0.481 e. The summed E-state index contributed by atoms with van der Waals surface area (Å²) in [4.78, 5) is 27.2. The number of nitrogens with one attached hydrogen (secondary N) is 1. The molecule has 1 aliphatic rings. The molecule has 108 valence electrons. The van der Waals surface area contributed by atoms with Gasteiger partial charge in [0, 0.05) is 12.1 Å². The van der Waals surface area contributed by atoms with Crippen LogP contribution in [0.3, 0.4) is 0 Å². The molecule has 0 spiro atoms. The Morgan fingerprint density at radius 3 is 2.55 bits per heavy atom. The van der Waals surface area contributed by atoms with Crippen LogP contribution in [0, 0.1) is 12.3 Å². The minimum Gasteiger partial charge on any atom is -0.481 e. The first kappa shape index (κ1) is 14.5. The van der Waals surface area contributed by atoms with Crippen LogP contribution in [0.15, 0.2) is 18.3 Å². The lowest BCUT2D eigenvalue weighted by atomic mass is 9.79. The number of rotatable bonds is 5. The zero-order valence-electron chi connectivity index (χ0n) is 11.7. The predicted octanol–water partition coefficient (Wildman–Crippen LogP) is 2.75. The van der Waals surface area contributed by atoms with Crippen molar-refractivity contribution in [2.75, 3.05) is 5.32 Å². The number of hydrogen-bond acceptors (Lipinski definition) is 3. The third-order valence-electron chi connectivity index (χ3n) is 3.92. The molecule has 1 aliphatic carbocycles. The molecule has 0 radical (unpaired) electrons. The van der Waals surface area contributed by atoms with Crippen LogP contribution in [0.2, 0.25) is 0 Å². The first-order valence-electron chi connectivity index (χ1n) is 6.93. The van der Waals surface area contributed by atoms with Crippen LogP contribution >= 0.6 is 0 Å². The highest BCUT2D eigenvalue weighted by Crippen LogP contribution is 2.44. The van der Waals surface area contributed by atoms with Crippen LogP contribution in [0.1, 0.15) is 44.2 Å². The number of carboxylic acids is 1. The maximum Gasteiger partial charge on any atom is 0.303 e. The van der Waals surface area contributed by atoms with Crippen LogP contribution in [-0.2, 0) is 9.59 Å². The highest BCUT2D eigenvalue weighted by molar-refractivity contribution is 5.91. The van der Waals surface area contributed by atoms with Gasteiger partial charge in [-0.2, -0.15) is 0 Å². The molecule has 1 fully saturated rings. The summed E-state index contributed by atoms with van der Waals surface area (Å²) in [6, 6.07) is 3.64. The molecule has 1 aromatic rings. The molecule has 0 bridgehead atoms. The molecule has 1 heterocycles. The summed E-state index contributed by atoms with van der Waals surface area (Å²) in [5.41, 5.74) is 1.18. The van der Waals surface area contributed by atoms with Gasteiger partial charge in [-0.05, 0) is 37.3 Å². The molecule has 5 heteroatoms. The van der Waals surface area contributed by atoms with Crippen LogP contribution in [0.5, 0.6) is 0 Å². The molecule has 0 saturated heterocycles. The topological polar surface area (TPSA) is 79.3 Å². The number of carboxylic acid groups (broad SMARTS) is 1. The van der Waals surface area contributed by atoms with Crippen LogP contribution in [-0.4, -0.2) is 22.0 Å². The van der Waals surface area contributed by atoms with Crippen molar-refractivity contribution in [1.29, 1.82) is 0 Å². The number of carbonyl (C=O) groups is 2. The second kappa shape index (κ2) is 6.03. The number of aryl methyl sites for hydroxylation is 1. The van der Waals surface area contributed by atoms with Crippen molar-refractivity contribution in [3.05, 3.63) is 24.0 Å². The lowest BCUT2D eigenvalue weighted by Gasteiger charge is -2.26. The van der Waals surface area contributed by atoms with E-state index in [1.54, 1.807) is 12.3 Å². The quantitative estimate of drug-likeness (QED) is 0.866. The maximum absolute atomic E-state index is 12.1. The van der Waals surface area contributed by atoms with E-state index in [1.165, 1.54) is 0 Å². The Kier molecular flexibility index (Phi) is 4.37. The van der Waals surface area contributed by atoms with E-state index in [4.69, 9.17) is 5.11 Å². The van der Waals surface area contributed by atoms with Gasteiger partial charge < -0.3 is 10.4 Å².